The first kappa shape index (κ1) is 7.70. The second-order valence-electron chi connectivity index (χ2n) is 1.60. The molecule has 0 amide bonds. The van der Waals surface area contributed by atoms with Crippen molar-refractivity contribution >= 4 is 0 Å². The van der Waals surface area contributed by atoms with E-state index in [1.54, 1.807) is 0 Å². The Bertz CT molecular complexity index is 66.8. The Balaban J connectivity index is 3.17. The Morgan fingerprint density at radius 2 is 2.38 bits per heavy atom. The van der Waals surface area contributed by atoms with Gasteiger partial charge in [0.1, 0.15) is 0 Å². The van der Waals surface area contributed by atoms with Gasteiger partial charge >= 0.3 is 0 Å². The van der Waals surface area contributed by atoms with Gasteiger partial charge in [-0.1, -0.05) is 12.2 Å². The van der Waals surface area contributed by atoms with Crippen molar-refractivity contribution < 1.29 is 4.74 Å². The lowest BCUT2D eigenvalue weighted by molar-refractivity contribution is 0.121. The van der Waals surface area contributed by atoms with E-state index >= 15 is 0 Å². The van der Waals surface area contributed by atoms with Crippen LogP contribution in [-0.2, 0) is 4.74 Å². The molecule has 0 aromatic heterocycles. The van der Waals surface area contributed by atoms with Crippen LogP contribution in [0.3, 0.4) is 0 Å². The zero-order valence-electron chi connectivity index (χ0n) is 5.55. The number of allylic oxidation sites excluding steroid dienone is 1. The van der Waals surface area contributed by atoms with Gasteiger partial charge in [-0.3, -0.25) is 0 Å². The zero-order chi connectivity index (χ0) is 6.41. The van der Waals surface area contributed by atoms with Crippen LogP contribution in [0.25, 0.3) is 0 Å². The van der Waals surface area contributed by atoms with Crippen LogP contribution in [0.1, 0.15) is 13.8 Å². The van der Waals surface area contributed by atoms with Gasteiger partial charge in [0.05, 0.1) is 6.10 Å². The molecule has 0 aromatic carbocycles. The van der Waals surface area contributed by atoms with Crippen LogP contribution in [0.5, 0.6) is 0 Å². The molecular weight excluding hydrogens is 100 g/mol. The van der Waals surface area contributed by atoms with Crippen LogP contribution >= 0.6 is 0 Å². The van der Waals surface area contributed by atoms with E-state index in [0.29, 0.717) is 6.61 Å². The van der Waals surface area contributed by atoms with E-state index in [1.807, 2.05) is 26.0 Å². The molecule has 1 heteroatoms. The van der Waals surface area contributed by atoms with Crippen LogP contribution in [0.15, 0.2) is 12.2 Å². The fourth-order valence-corrected chi connectivity index (χ4v) is 0.512. The van der Waals surface area contributed by atoms with Gasteiger partial charge in [0.2, 0.25) is 0 Å². The maximum absolute atomic E-state index is 5.08. The van der Waals surface area contributed by atoms with E-state index in [0.717, 1.165) is 0 Å². The Morgan fingerprint density at radius 1 is 1.75 bits per heavy atom. The molecule has 1 atom stereocenters. The molecule has 0 aromatic rings. The number of ether oxygens (including phenoxy) is 1. The summed E-state index contributed by atoms with van der Waals surface area (Å²) in [6.45, 7) is 8.07. The van der Waals surface area contributed by atoms with Gasteiger partial charge in [-0.05, 0) is 20.8 Å². The molecule has 1 nitrogen and oxygen atoms in total. The highest BCUT2D eigenvalue weighted by Crippen LogP contribution is 1.90. The molecule has 0 aliphatic carbocycles. The van der Waals surface area contributed by atoms with Gasteiger partial charge in [0.15, 0.2) is 0 Å². The van der Waals surface area contributed by atoms with Gasteiger partial charge in [-0.15, -0.1) is 0 Å². The summed E-state index contributed by atoms with van der Waals surface area (Å²) in [4.78, 5) is 0. The Hall–Kier alpha value is -0.300. The Kier molecular flexibility index (Phi) is 4.67. The monoisotopic (exact) mass is 113 g/mol. The third kappa shape index (κ3) is 3.88. The SMILES string of the molecule is [CH2]COC(C)C=CC. The first-order valence-corrected chi connectivity index (χ1v) is 2.85. The number of rotatable bonds is 3. The quantitative estimate of drug-likeness (QED) is 0.507. The summed E-state index contributed by atoms with van der Waals surface area (Å²) >= 11 is 0. The van der Waals surface area contributed by atoms with E-state index in [-0.39, 0.29) is 6.10 Å². The molecule has 0 N–H and O–H groups in total. The molecule has 47 valence electrons. The van der Waals surface area contributed by atoms with Crippen molar-refractivity contribution in [2.75, 3.05) is 6.61 Å². The lowest BCUT2D eigenvalue weighted by atomic mass is 10.4. The van der Waals surface area contributed by atoms with Crippen molar-refractivity contribution in [2.24, 2.45) is 0 Å². The molecule has 0 rings (SSSR count). The third-order valence-corrected chi connectivity index (χ3v) is 0.844. The van der Waals surface area contributed by atoms with Crippen LogP contribution < -0.4 is 0 Å². The molecule has 0 fully saturated rings. The summed E-state index contributed by atoms with van der Waals surface area (Å²) in [6.07, 6.45) is 4.18. The van der Waals surface area contributed by atoms with Crippen molar-refractivity contribution in [1.29, 1.82) is 0 Å². The Labute approximate surface area is 51.4 Å². The third-order valence-electron chi connectivity index (χ3n) is 0.844. The van der Waals surface area contributed by atoms with Crippen LogP contribution in [-0.4, -0.2) is 12.7 Å². The maximum atomic E-state index is 5.08. The van der Waals surface area contributed by atoms with Crippen LogP contribution in [0, 0.1) is 6.92 Å². The number of hydrogen-bond donors (Lipinski definition) is 0. The lowest BCUT2D eigenvalue weighted by Gasteiger charge is -2.03. The average Bonchev–Trinajstić information content (AvgIpc) is 1.68. The summed E-state index contributed by atoms with van der Waals surface area (Å²) in [5.41, 5.74) is 0. The average molecular weight is 113 g/mol. The Morgan fingerprint density at radius 3 is 2.75 bits per heavy atom. The summed E-state index contributed by atoms with van der Waals surface area (Å²) in [5, 5.41) is 0. The second-order valence-corrected chi connectivity index (χ2v) is 1.60. The highest BCUT2D eigenvalue weighted by Gasteiger charge is 1.89. The fourth-order valence-electron chi connectivity index (χ4n) is 0.512. The zero-order valence-corrected chi connectivity index (χ0v) is 5.55. The van der Waals surface area contributed by atoms with E-state index in [1.165, 1.54) is 0 Å². The predicted molar refractivity (Wildman–Crippen MR) is 35.6 cm³/mol. The van der Waals surface area contributed by atoms with E-state index in [4.69, 9.17) is 4.74 Å². The first-order chi connectivity index (χ1) is 3.81. The second kappa shape index (κ2) is 4.85. The van der Waals surface area contributed by atoms with Crippen molar-refractivity contribution in [1.82, 2.24) is 0 Å². The van der Waals surface area contributed by atoms with E-state index in [2.05, 4.69) is 6.92 Å². The van der Waals surface area contributed by atoms with Crippen molar-refractivity contribution in [3.8, 4) is 0 Å². The van der Waals surface area contributed by atoms with Gasteiger partial charge in [0, 0.05) is 6.61 Å². The lowest BCUT2D eigenvalue weighted by Crippen LogP contribution is -2.02. The van der Waals surface area contributed by atoms with Gasteiger partial charge in [0.25, 0.3) is 0 Å². The molecule has 0 saturated carbocycles. The first-order valence-electron chi connectivity index (χ1n) is 2.85. The molecule has 8 heavy (non-hydrogen) atoms. The standard InChI is InChI=1S/C7H13O/c1-4-6-7(3)8-5-2/h4,6-7H,2,5H2,1,3H3. The molecular formula is C7H13O. The van der Waals surface area contributed by atoms with E-state index in [9.17, 15) is 0 Å². The molecule has 0 bridgehead atoms. The summed E-state index contributed by atoms with van der Waals surface area (Å²) < 4.78 is 5.08. The smallest absolute Gasteiger partial charge is 0.0727 e. The molecule has 0 aliphatic heterocycles. The highest BCUT2D eigenvalue weighted by molar-refractivity contribution is 4.83. The van der Waals surface area contributed by atoms with Crippen LogP contribution in [0.4, 0.5) is 0 Å². The van der Waals surface area contributed by atoms with E-state index < -0.39 is 0 Å². The van der Waals surface area contributed by atoms with Crippen molar-refractivity contribution in [3.05, 3.63) is 19.1 Å². The van der Waals surface area contributed by atoms with Crippen molar-refractivity contribution in [2.45, 2.75) is 20.0 Å². The minimum Gasteiger partial charge on any atom is -0.374 e. The molecule has 1 unspecified atom stereocenters. The number of hydrogen-bond acceptors (Lipinski definition) is 1. The molecule has 0 spiro atoms. The topological polar surface area (TPSA) is 9.23 Å². The largest absolute Gasteiger partial charge is 0.374 e. The summed E-state index contributed by atoms with van der Waals surface area (Å²) in [7, 11) is 0. The normalized spacial score (nSPS) is 14.9. The minimum atomic E-state index is 0.220. The van der Waals surface area contributed by atoms with Gasteiger partial charge in [-0.2, -0.15) is 0 Å². The summed E-state index contributed by atoms with van der Waals surface area (Å²) in [5.74, 6) is 0. The highest BCUT2D eigenvalue weighted by atomic mass is 16.5. The summed E-state index contributed by atoms with van der Waals surface area (Å²) in [6, 6.07) is 0. The molecule has 0 heterocycles. The fraction of sp³-hybridized carbons (Fsp3) is 0.571. The minimum absolute atomic E-state index is 0.220. The molecule has 0 saturated heterocycles. The van der Waals surface area contributed by atoms with Gasteiger partial charge in [-0.25, -0.2) is 0 Å². The van der Waals surface area contributed by atoms with Crippen LogP contribution in [0.2, 0.25) is 0 Å². The molecule has 1 radical (unpaired) electrons. The maximum Gasteiger partial charge on any atom is 0.0727 e. The van der Waals surface area contributed by atoms with Crippen molar-refractivity contribution in [3.63, 3.8) is 0 Å². The molecule has 0 aliphatic rings. The van der Waals surface area contributed by atoms with Gasteiger partial charge < -0.3 is 4.74 Å². The predicted octanol–water partition coefficient (Wildman–Crippen LogP) is 1.80.